The van der Waals surface area contributed by atoms with E-state index in [1.165, 1.54) is 0 Å². The van der Waals surface area contributed by atoms with E-state index in [2.05, 4.69) is 9.97 Å². The molecule has 3 aromatic rings. The van der Waals surface area contributed by atoms with Crippen LogP contribution in [0, 0.1) is 5.82 Å². The second-order valence-corrected chi connectivity index (χ2v) is 4.26. The molecule has 2 nitrogen and oxygen atoms in total. The van der Waals surface area contributed by atoms with Crippen LogP contribution in [-0.4, -0.2) is 9.97 Å². The summed E-state index contributed by atoms with van der Waals surface area (Å²) in [6, 6.07) is 9.59. The molecule has 20 heavy (non-hydrogen) atoms. The van der Waals surface area contributed by atoms with Crippen molar-refractivity contribution in [2.45, 2.75) is 6.18 Å². The monoisotopic (exact) mass is 280 g/mol. The minimum absolute atomic E-state index is 0.128. The molecule has 1 aromatic heterocycles. The molecule has 0 aliphatic rings. The largest absolute Gasteiger partial charge is 0.417 e. The third-order valence-electron chi connectivity index (χ3n) is 2.95. The van der Waals surface area contributed by atoms with E-state index in [4.69, 9.17) is 0 Å². The van der Waals surface area contributed by atoms with Gasteiger partial charge in [-0.05, 0) is 24.3 Å². The molecule has 2 aromatic carbocycles. The minimum Gasteiger partial charge on any atom is -0.338 e. The van der Waals surface area contributed by atoms with Crippen molar-refractivity contribution >= 4 is 11.0 Å². The Hall–Kier alpha value is -2.37. The van der Waals surface area contributed by atoms with Gasteiger partial charge in [0.15, 0.2) is 0 Å². The van der Waals surface area contributed by atoms with Crippen molar-refractivity contribution < 1.29 is 17.6 Å². The molecule has 6 heteroatoms. The first-order valence-corrected chi connectivity index (χ1v) is 5.77. The molecule has 0 amide bonds. The van der Waals surface area contributed by atoms with E-state index in [9.17, 15) is 17.6 Å². The van der Waals surface area contributed by atoms with Gasteiger partial charge in [0, 0.05) is 0 Å². The van der Waals surface area contributed by atoms with Crippen LogP contribution in [0.5, 0.6) is 0 Å². The van der Waals surface area contributed by atoms with Gasteiger partial charge in [0.2, 0.25) is 0 Å². The highest BCUT2D eigenvalue weighted by Crippen LogP contribution is 2.37. The maximum atomic E-state index is 13.8. The molecule has 0 aliphatic heterocycles. The third kappa shape index (κ3) is 2.03. The van der Waals surface area contributed by atoms with E-state index in [1.807, 2.05) is 0 Å². The lowest BCUT2D eigenvalue weighted by Gasteiger charge is -2.11. The highest BCUT2D eigenvalue weighted by atomic mass is 19.4. The van der Waals surface area contributed by atoms with Gasteiger partial charge in [-0.1, -0.05) is 18.2 Å². The van der Waals surface area contributed by atoms with Crippen molar-refractivity contribution in [1.82, 2.24) is 9.97 Å². The summed E-state index contributed by atoms with van der Waals surface area (Å²) < 4.78 is 52.7. The first kappa shape index (κ1) is 12.7. The van der Waals surface area contributed by atoms with Gasteiger partial charge in [0.1, 0.15) is 11.6 Å². The first-order valence-electron chi connectivity index (χ1n) is 5.77. The zero-order valence-electron chi connectivity index (χ0n) is 10.0. The number of nitrogens with one attached hydrogen (secondary N) is 1. The number of aromatic nitrogens is 2. The molecule has 0 fully saturated rings. The Bertz CT molecular complexity index is 741. The number of nitrogens with zero attached hydrogens (tertiary/aromatic N) is 1. The average molecular weight is 280 g/mol. The second kappa shape index (κ2) is 4.33. The summed E-state index contributed by atoms with van der Waals surface area (Å²) in [7, 11) is 0. The number of halogens is 4. The van der Waals surface area contributed by atoms with Crippen LogP contribution in [0.3, 0.4) is 0 Å². The summed E-state index contributed by atoms with van der Waals surface area (Å²) in [5, 5.41) is 0. The number of alkyl halides is 3. The smallest absolute Gasteiger partial charge is 0.338 e. The predicted octanol–water partition coefficient (Wildman–Crippen LogP) is 4.39. The third-order valence-corrected chi connectivity index (χ3v) is 2.95. The number of hydrogen-bond donors (Lipinski definition) is 1. The number of aromatic amines is 1. The Kier molecular flexibility index (Phi) is 2.74. The number of para-hydroxylation sites is 2. The van der Waals surface area contributed by atoms with Gasteiger partial charge in [-0.25, -0.2) is 9.37 Å². The first-order chi connectivity index (χ1) is 9.47. The topological polar surface area (TPSA) is 28.7 Å². The summed E-state index contributed by atoms with van der Waals surface area (Å²) in [4.78, 5) is 6.74. The van der Waals surface area contributed by atoms with Gasteiger partial charge in [0.25, 0.3) is 0 Å². The molecular formula is C14H8F4N2. The number of imidazole rings is 1. The molecule has 3 rings (SSSR count). The molecule has 0 saturated carbocycles. The Morgan fingerprint density at radius 2 is 1.70 bits per heavy atom. The van der Waals surface area contributed by atoms with E-state index < -0.39 is 23.1 Å². The van der Waals surface area contributed by atoms with Crippen molar-refractivity contribution in [1.29, 1.82) is 0 Å². The van der Waals surface area contributed by atoms with Crippen LogP contribution in [-0.2, 0) is 6.18 Å². The molecule has 0 spiro atoms. The summed E-state index contributed by atoms with van der Waals surface area (Å²) in [6.45, 7) is 0. The highest BCUT2D eigenvalue weighted by Gasteiger charge is 2.35. The fraction of sp³-hybridized carbons (Fsp3) is 0.0714. The van der Waals surface area contributed by atoms with Crippen molar-refractivity contribution in [3.63, 3.8) is 0 Å². The van der Waals surface area contributed by atoms with Crippen LogP contribution in [0.15, 0.2) is 42.5 Å². The summed E-state index contributed by atoms with van der Waals surface area (Å²) in [5.74, 6) is -1.09. The number of H-pyrrole nitrogens is 1. The van der Waals surface area contributed by atoms with Crippen molar-refractivity contribution in [2.75, 3.05) is 0 Å². The van der Waals surface area contributed by atoms with Crippen molar-refractivity contribution in [2.24, 2.45) is 0 Å². The molecular weight excluding hydrogens is 272 g/mol. The van der Waals surface area contributed by atoms with E-state index in [-0.39, 0.29) is 5.82 Å². The number of fused-ring (bicyclic) bond motifs is 1. The Labute approximate surface area is 111 Å². The van der Waals surface area contributed by atoms with Crippen LogP contribution in [0.4, 0.5) is 17.6 Å². The van der Waals surface area contributed by atoms with Crippen LogP contribution in [0.1, 0.15) is 5.56 Å². The van der Waals surface area contributed by atoms with E-state index in [0.717, 1.165) is 18.2 Å². The number of rotatable bonds is 1. The molecule has 0 atom stereocenters. The van der Waals surface area contributed by atoms with E-state index in [0.29, 0.717) is 11.0 Å². The molecule has 0 saturated heterocycles. The summed E-state index contributed by atoms with van der Waals surface area (Å²) in [6.07, 6.45) is -4.64. The minimum atomic E-state index is -4.64. The Morgan fingerprint density at radius 3 is 2.40 bits per heavy atom. The lowest BCUT2D eigenvalue weighted by atomic mass is 10.1. The molecule has 0 aliphatic carbocycles. The van der Waals surface area contributed by atoms with Crippen LogP contribution in [0.25, 0.3) is 22.4 Å². The highest BCUT2D eigenvalue weighted by molar-refractivity contribution is 5.80. The molecule has 102 valence electrons. The van der Waals surface area contributed by atoms with Crippen LogP contribution >= 0.6 is 0 Å². The fourth-order valence-corrected chi connectivity index (χ4v) is 2.07. The summed E-state index contributed by atoms with van der Waals surface area (Å²) in [5.41, 5.74) is -0.564. The molecule has 0 bridgehead atoms. The van der Waals surface area contributed by atoms with Crippen molar-refractivity contribution in [3.05, 3.63) is 53.8 Å². The number of hydrogen-bond acceptors (Lipinski definition) is 1. The second-order valence-electron chi connectivity index (χ2n) is 4.26. The fourth-order valence-electron chi connectivity index (χ4n) is 2.07. The van der Waals surface area contributed by atoms with Crippen molar-refractivity contribution in [3.8, 4) is 11.4 Å². The van der Waals surface area contributed by atoms with Gasteiger partial charge in [-0.15, -0.1) is 0 Å². The molecule has 1 N–H and O–H groups in total. The maximum absolute atomic E-state index is 13.8. The SMILES string of the molecule is Fc1cccc(C(F)(F)F)c1-c1nc2ccccc2[nH]1. The van der Waals surface area contributed by atoms with E-state index >= 15 is 0 Å². The lowest BCUT2D eigenvalue weighted by Crippen LogP contribution is -2.08. The quantitative estimate of drug-likeness (QED) is 0.658. The van der Waals surface area contributed by atoms with E-state index in [1.54, 1.807) is 24.3 Å². The standard InChI is InChI=1S/C14H8F4N2/c15-9-5-3-4-8(14(16,17)18)12(9)13-19-10-6-1-2-7-11(10)20-13/h1-7H,(H,19,20). The van der Waals surface area contributed by atoms with Gasteiger partial charge in [-0.2, -0.15) is 13.2 Å². The van der Waals surface area contributed by atoms with Gasteiger partial charge in [-0.3, -0.25) is 0 Å². The Balaban J connectivity index is 2.28. The van der Waals surface area contributed by atoms with Gasteiger partial charge >= 0.3 is 6.18 Å². The Morgan fingerprint density at radius 1 is 0.950 bits per heavy atom. The number of benzene rings is 2. The average Bonchev–Trinajstić information content (AvgIpc) is 2.80. The van der Waals surface area contributed by atoms with Gasteiger partial charge < -0.3 is 4.98 Å². The lowest BCUT2D eigenvalue weighted by molar-refractivity contribution is -0.137. The van der Waals surface area contributed by atoms with Gasteiger partial charge in [0.05, 0.1) is 22.2 Å². The summed E-state index contributed by atoms with van der Waals surface area (Å²) >= 11 is 0. The molecule has 1 heterocycles. The van der Waals surface area contributed by atoms with Crippen LogP contribution < -0.4 is 0 Å². The zero-order valence-corrected chi connectivity index (χ0v) is 10.0. The van der Waals surface area contributed by atoms with Crippen LogP contribution in [0.2, 0.25) is 0 Å². The maximum Gasteiger partial charge on any atom is 0.417 e. The predicted molar refractivity (Wildman–Crippen MR) is 66.5 cm³/mol. The zero-order chi connectivity index (χ0) is 14.3. The normalized spacial score (nSPS) is 12.0. The molecule has 0 radical (unpaired) electrons. The molecule has 0 unspecified atom stereocenters.